The van der Waals surface area contributed by atoms with E-state index in [-0.39, 0.29) is 57.3 Å². The molecule has 0 radical (unpaired) electrons. The van der Waals surface area contributed by atoms with Crippen LogP contribution in [0.2, 0.25) is 0 Å². The second-order valence-corrected chi connectivity index (χ2v) is 31.0. The van der Waals surface area contributed by atoms with Crippen molar-refractivity contribution in [2.75, 3.05) is 13.2 Å². The number of cyclic esters (lactones) is 2. The first kappa shape index (κ1) is 76.6. The van der Waals surface area contributed by atoms with Crippen molar-refractivity contribution in [1.29, 1.82) is 0 Å². The molecule has 0 fully saturated rings. The predicted molar refractivity (Wildman–Crippen MR) is 422 cm³/mol. The van der Waals surface area contributed by atoms with Gasteiger partial charge in [0.2, 0.25) is 0 Å². The standard InChI is InChI=1S/2C40H32BrNO4S.2C4H8O2/c2*1-26-16-22-31(23-17-26)47(44,45)42-36(28-10-4-2-5-11-28)24-34(27-18-20-30(41)21-19-27)38-33-15-9-8-14-32(33)35-25-37(46-40(43)39(35)38)29-12-6-3-7-13-29;2*1-3-6-4(2)5/h2*2-25,34-35,38-39,42H,1H3;2*3H2,1-2H3/b2*36-24-;;/t2*34-,35-,38+,39-;;/m10../s1. The van der Waals surface area contributed by atoms with Crippen molar-refractivity contribution in [2.45, 2.75) is 86.8 Å². The van der Waals surface area contributed by atoms with E-state index >= 15 is 0 Å². The summed E-state index contributed by atoms with van der Waals surface area (Å²) in [5.74, 6) is -2.81. The van der Waals surface area contributed by atoms with Crippen LogP contribution in [0.25, 0.3) is 22.9 Å². The van der Waals surface area contributed by atoms with E-state index in [0.717, 1.165) is 64.6 Å². The van der Waals surface area contributed by atoms with Crippen LogP contribution < -0.4 is 9.44 Å². The molecule has 8 atom stereocenters. The largest absolute Gasteiger partial charge is 0.466 e. The molecule has 0 spiro atoms. The lowest BCUT2D eigenvalue weighted by Gasteiger charge is -2.32. The van der Waals surface area contributed by atoms with E-state index in [1.807, 2.05) is 220 Å². The summed E-state index contributed by atoms with van der Waals surface area (Å²) in [5.41, 5.74) is 12.1. The van der Waals surface area contributed by atoms with Crippen LogP contribution in [-0.4, -0.2) is 53.9 Å². The quantitative estimate of drug-likeness (QED) is 0.0610. The van der Waals surface area contributed by atoms with Crippen molar-refractivity contribution >= 4 is 98.7 Å². The predicted octanol–water partition coefficient (Wildman–Crippen LogP) is 19.1. The highest BCUT2D eigenvalue weighted by Crippen LogP contribution is 2.59. The van der Waals surface area contributed by atoms with Crippen LogP contribution in [0.15, 0.2) is 310 Å². The number of rotatable bonds is 18. The molecule has 0 bridgehead atoms. The number of carbonyl (C=O) groups excluding carboxylic acids is 4. The number of halogens is 2. The third-order valence-corrected chi connectivity index (χ3v) is 22.5. The Labute approximate surface area is 637 Å². The maximum Gasteiger partial charge on any atom is 0.315 e. The van der Waals surface area contributed by atoms with Gasteiger partial charge < -0.3 is 18.9 Å². The molecule has 0 saturated carbocycles. The molecule has 18 heteroatoms. The van der Waals surface area contributed by atoms with E-state index in [0.29, 0.717) is 47.3 Å². The van der Waals surface area contributed by atoms with Crippen LogP contribution in [0, 0.1) is 25.7 Å². The molecule has 10 aromatic rings. The summed E-state index contributed by atoms with van der Waals surface area (Å²) in [4.78, 5) is 48.2. The molecule has 14 rings (SSSR count). The van der Waals surface area contributed by atoms with E-state index in [9.17, 15) is 36.0 Å². The topological polar surface area (TPSA) is 198 Å². The number of carbonyl (C=O) groups is 4. The number of allylic oxidation sites excluding steroid dienone is 4. The van der Waals surface area contributed by atoms with Crippen LogP contribution in [0.4, 0.5) is 0 Å². The van der Waals surface area contributed by atoms with E-state index in [1.54, 1.807) is 62.4 Å². The van der Waals surface area contributed by atoms with Gasteiger partial charge in [-0.2, -0.15) is 0 Å². The third kappa shape index (κ3) is 18.6. The van der Waals surface area contributed by atoms with Crippen molar-refractivity contribution < 1.29 is 55.0 Å². The van der Waals surface area contributed by atoms with Crippen molar-refractivity contribution in [3.05, 3.63) is 367 Å². The number of aryl methyl sites for hydroxylation is 2. The third-order valence-electron chi connectivity index (χ3n) is 18.7. The van der Waals surface area contributed by atoms with Gasteiger partial charge in [0.05, 0.1) is 46.2 Å². The first-order valence-electron chi connectivity index (χ1n) is 34.8. The van der Waals surface area contributed by atoms with Gasteiger partial charge in [0.15, 0.2) is 0 Å². The van der Waals surface area contributed by atoms with Gasteiger partial charge >= 0.3 is 23.9 Å². The number of hydrogen-bond acceptors (Lipinski definition) is 12. The lowest BCUT2D eigenvalue weighted by Crippen LogP contribution is -2.30. The molecule has 2 N–H and O–H groups in total. The lowest BCUT2D eigenvalue weighted by molar-refractivity contribution is -0.144. The minimum atomic E-state index is -3.94. The van der Waals surface area contributed by atoms with Gasteiger partial charge in [-0.15, -0.1) is 0 Å². The Balaban J connectivity index is 0.000000183. The first-order valence-corrected chi connectivity index (χ1v) is 39.3. The van der Waals surface area contributed by atoms with Gasteiger partial charge in [-0.1, -0.05) is 274 Å². The Morgan fingerprint density at radius 2 is 0.726 bits per heavy atom. The van der Waals surface area contributed by atoms with Gasteiger partial charge in [-0.25, -0.2) is 16.8 Å². The molecular weight excluding hydrogens is 1500 g/mol. The summed E-state index contributed by atoms with van der Waals surface area (Å²) < 4.78 is 83.9. The van der Waals surface area contributed by atoms with Crippen LogP contribution in [0.5, 0.6) is 0 Å². The number of esters is 4. The molecule has 0 saturated heterocycles. The minimum absolute atomic E-state index is 0.172. The number of fused-ring (bicyclic) bond motifs is 6. The van der Waals surface area contributed by atoms with Crippen LogP contribution in [0.3, 0.4) is 0 Å². The lowest BCUT2D eigenvalue weighted by atomic mass is 9.74. The summed E-state index contributed by atoms with van der Waals surface area (Å²) in [6.45, 7) is 11.1. The van der Waals surface area contributed by atoms with Crippen molar-refractivity contribution in [1.82, 2.24) is 9.44 Å². The maximum atomic E-state index is 14.1. The molecule has 540 valence electrons. The Kier molecular flexibility index (Phi) is 25.3. The Hall–Kier alpha value is -10.5. The zero-order valence-corrected chi connectivity index (χ0v) is 64.0. The van der Waals surface area contributed by atoms with E-state index in [4.69, 9.17) is 9.47 Å². The molecule has 10 aromatic carbocycles. The highest BCUT2D eigenvalue weighted by molar-refractivity contribution is 9.10. The zero-order chi connectivity index (χ0) is 75.1. The fourth-order valence-corrected chi connectivity index (χ4v) is 16.6. The Morgan fingerprint density at radius 3 is 1.03 bits per heavy atom. The summed E-state index contributed by atoms with van der Waals surface area (Å²) in [5, 5.41) is 0. The fourth-order valence-electron chi connectivity index (χ4n) is 13.9. The summed E-state index contributed by atoms with van der Waals surface area (Å²) in [7, 11) is -7.88. The number of hydrogen-bond donors (Lipinski definition) is 2. The number of nitrogens with one attached hydrogen (secondary N) is 2. The summed E-state index contributed by atoms with van der Waals surface area (Å²) in [6, 6.07) is 84.1. The van der Waals surface area contributed by atoms with E-state index in [1.165, 1.54) is 13.8 Å². The summed E-state index contributed by atoms with van der Waals surface area (Å²) in [6.07, 6.45) is 8.08. The fraction of sp³-hybridized carbons (Fsp3) is 0.182. The molecule has 106 heavy (non-hydrogen) atoms. The average molecular weight is 1580 g/mol. The van der Waals surface area contributed by atoms with Crippen molar-refractivity contribution in [3.63, 3.8) is 0 Å². The summed E-state index contributed by atoms with van der Waals surface area (Å²) >= 11 is 7.13. The van der Waals surface area contributed by atoms with E-state index in [2.05, 4.69) is 87.2 Å². The molecule has 14 nitrogen and oxygen atoms in total. The normalized spacial score (nSPS) is 18.3. The van der Waals surface area contributed by atoms with Gasteiger partial charge in [-0.3, -0.25) is 28.6 Å². The molecule has 2 aliphatic carbocycles. The van der Waals surface area contributed by atoms with E-state index < -0.39 is 43.7 Å². The SMILES string of the molecule is CCOC(C)=O.CCOC(C)=O.Cc1ccc(S(=O)(=O)N/C(=C\[C@@H](c2ccc(Br)cc2)[C@H]2c3ccccc3[C@@H]3C=C(c4ccccc4)OC(=O)[C@H]23)c2ccccc2)cc1.Cc1ccc(S(=O)(=O)N/C(=C\[C@H](c2ccc(Br)cc2)[C@@H]2c3ccccc3[C@H]3C=C(c4ccccc4)OC(=O)[C@@H]23)c2ccccc2)cc1. The molecular formula is C88H80Br2N2O12S2. The Morgan fingerprint density at radius 1 is 0.425 bits per heavy atom. The second-order valence-electron chi connectivity index (χ2n) is 25.8. The van der Waals surface area contributed by atoms with Crippen molar-refractivity contribution in [3.8, 4) is 0 Å². The monoisotopic (exact) mass is 1580 g/mol. The first-order chi connectivity index (χ1) is 51.1. The number of sulfonamides is 2. The molecule has 0 aromatic heterocycles. The number of ether oxygens (including phenoxy) is 4. The van der Waals surface area contributed by atoms with Crippen molar-refractivity contribution in [2.24, 2.45) is 11.8 Å². The molecule has 0 unspecified atom stereocenters. The highest BCUT2D eigenvalue weighted by atomic mass is 79.9. The van der Waals surface area contributed by atoms with Crippen LogP contribution in [0.1, 0.15) is 130 Å². The average Bonchev–Trinajstić information content (AvgIpc) is 1.58. The van der Waals surface area contributed by atoms with Crippen LogP contribution in [-0.2, 0) is 58.2 Å². The highest BCUT2D eigenvalue weighted by Gasteiger charge is 2.52. The second kappa shape index (κ2) is 35.1. The minimum Gasteiger partial charge on any atom is -0.466 e. The van der Waals surface area contributed by atoms with Gasteiger partial charge in [0, 0.05) is 69.4 Å². The molecule has 4 aliphatic rings. The van der Waals surface area contributed by atoms with Crippen LogP contribution >= 0.6 is 31.9 Å². The van der Waals surface area contributed by atoms with Gasteiger partial charge in [-0.05, 0) is 133 Å². The zero-order valence-electron chi connectivity index (χ0n) is 59.2. The van der Waals surface area contributed by atoms with Gasteiger partial charge in [0.25, 0.3) is 20.0 Å². The van der Waals surface area contributed by atoms with Gasteiger partial charge in [0.1, 0.15) is 11.5 Å². The molecule has 2 aliphatic heterocycles. The maximum absolute atomic E-state index is 14.1. The Bertz CT molecular complexity index is 4790. The smallest absolute Gasteiger partial charge is 0.315 e. The molecule has 0 amide bonds. The molecule has 2 heterocycles. The number of benzene rings is 10.